The smallest absolute Gasteiger partial charge is 0.308 e. The fourth-order valence-electron chi connectivity index (χ4n) is 2.61. The number of halogens is 1. The third kappa shape index (κ3) is 3.46. The molecule has 0 aromatic heterocycles. The van der Waals surface area contributed by atoms with Crippen molar-refractivity contribution in [1.82, 2.24) is 0 Å². The van der Waals surface area contributed by atoms with Crippen LogP contribution in [0.3, 0.4) is 0 Å². The van der Waals surface area contributed by atoms with Gasteiger partial charge in [0.2, 0.25) is 0 Å². The predicted octanol–water partition coefficient (Wildman–Crippen LogP) is 3.28. The van der Waals surface area contributed by atoms with Gasteiger partial charge >= 0.3 is 5.97 Å². The normalized spacial score (nSPS) is 22.9. The predicted molar refractivity (Wildman–Crippen MR) is 72.5 cm³/mol. The van der Waals surface area contributed by atoms with Gasteiger partial charge in [-0.05, 0) is 56.4 Å². The molecule has 0 aliphatic heterocycles. The van der Waals surface area contributed by atoms with E-state index in [0.29, 0.717) is 11.6 Å². The molecule has 0 bridgehead atoms. The number of carbonyl (C=O) groups excluding carboxylic acids is 1. The van der Waals surface area contributed by atoms with Crippen molar-refractivity contribution in [2.24, 2.45) is 5.92 Å². The second-order valence-corrected chi connectivity index (χ2v) is 5.18. The number of esters is 1. The average Bonchev–Trinajstić information content (AvgIpc) is 2.43. The topological polar surface area (TPSA) is 38.3 Å². The van der Waals surface area contributed by atoms with E-state index in [1.54, 1.807) is 13.0 Å². The number of anilines is 1. The molecule has 0 spiro atoms. The van der Waals surface area contributed by atoms with Gasteiger partial charge in [-0.3, -0.25) is 4.79 Å². The summed E-state index contributed by atoms with van der Waals surface area (Å²) in [6.45, 7) is 1.76. The molecule has 1 aromatic carbocycles. The first-order valence-corrected chi connectivity index (χ1v) is 6.70. The summed E-state index contributed by atoms with van der Waals surface area (Å²) in [5, 5.41) is 3.41. The summed E-state index contributed by atoms with van der Waals surface area (Å²) in [6.07, 6.45) is 3.58. The van der Waals surface area contributed by atoms with E-state index in [1.165, 1.54) is 13.2 Å². The molecule has 1 aliphatic rings. The average molecular weight is 265 g/mol. The van der Waals surface area contributed by atoms with Crippen molar-refractivity contribution in [3.63, 3.8) is 0 Å². The zero-order chi connectivity index (χ0) is 13.8. The molecule has 19 heavy (non-hydrogen) atoms. The summed E-state index contributed by atoms with van der Waals surface area (Å²) in [5.41, 5.74) is 1.59. The van der Waals surface area contributed by atoms with Gasteiger partial charge in [0.05, 0.1) is 13.0 Å². The van der Waals surface area contributed by atoms with Crippen LogP contribution in [0.4, 0.5) is 10.1 Å². The summed E-state index contributed by atoms with van der Waals surface area (Å²) in [6, 6.07) is 5.42. The number of rotatable bonds is 3. The Bertz CT molecular complexity index is 453. The van der Waals surface area contributed by atoms with Crippen molar-refractivity contribution in [2.45, 2.75) is 38.6 Å². The summed E-state index contributed by atoms with van der Waals surface area (Å²) >= 11 is 0. The van der Waals surface area contributed by atoms with Gasteiger partial charge in [-0.25, -0.2) is 4.39 Å². The van der Waals surface area contributed by atoms with Gasteiger partial charge in [0.1, 0.15) is 5.82 Å². The van der Waals surface area contributed by atoms with Crippen molar-refractivity contribution in [3.8, 4) is 0 Å². The third-order valence-electron chi connectivity index (χ3n) is 3.79. The van der Waals surface area contributed by atoms with Gasteiger partial charge in [0, 0.05) is 11.7 Å². The maximum absolute atomic E-state index is 13.2. The number of methoxy groups -OCH3 is 1. The Kier molecular flexibility index (Phi) is 4.40. The van der Waals surface area contributed by atoms with Crippen molar-refractivity contribution in [2.75, 3.05) is 12.4 Å². The molecule has 4 heteroatoms. The SMILES string of the molecule is COC(=O)C1CCC(Nc2ccc(F)c(C)c2)CC1. The molecule has 1 aromatic rings. The zero-order valence-electron chi connectivity index (χ0n) is 11.4. The van der Waals surface area contributed by atoms with Crippen LogP contribution >= 0.6 is 0 Å². The Balaban J connectivity index is 1.88. The molecule has 0 radical (unpaired) electrons. The molecule has 0 atom stereocenters. The van der Waals surface area contributed by atoms with Crippen LogP contribution in [0, 0.1) is 18.7 Å². The highest BCUT2D eigenvalue weighted by molar-refractivity contribution is 5.72. The molecule has 1 saturated carbocycles. The van der Waals surface area contributed by atoms with E-state index in [4.69, 9.17) is 4.74 Å². The van der Waals surface area contributed by atoms with Crippen LogP contribution in [0.1, 0.15) is 31.2 Å². The first-order valence-electron chi connectivity index (χ1n) is 6.70. The van der Waals surface area contributed by atoms with E-state index >= 15 is 0 Å². The number of aryl methyl sites for hydroxylation is 1. The monoisotopic (exact) mass is 265 g/mol. The molecule has 0 heterocycles. The van der Waals surface area contributed by atoms with Gasteiger partial charge in [-0.1, -0.05) is 0 Å². The van der Waals surface area contributed by atoms with Gasteiger partial charge in [-0.15, -0.1) is 0 Å². The standard InChI is InChI=1S/C15H20FNO2/c1-10-9-13(7-8-14(10)16)17-12-5-3-11(4-6-12)15(18)19-2/h7-9,11-12,17H,3-6H2,1-2H3. The lowest BCUT2D eigenvalue weighted by molar-refractivity contribution is -0.146. The third-order valence-corrected chi connectivity index (χ3v) is 3.79. The van der Waals surface area contributed by atoms with Crippen LogP contribution in [-0.4, -0.2) is 19.1 Å². The molecule has 2 rings (SSSR count). The van der Waals surface area contributed by atoms with E-state index < -0.39 is 0 Å². The zero-order valence-corrected chi connectivity index (χ0v) is 11.4. The van der Waals surface area contributed by atoms with Gasteiger partial charge in [0.25, 0.3) is 0 Å². The van der Waals surface area contributed by atoms with E-state index in [9.17, 15) is 9.18 Å². The Morgan fingerprint density at radius 3 is 2.58 bits per heavy atom. The van der Waals surface area contributed by atoms with Crippen LogP contribution in [0.25, 0.3) is 0 Å². The molecule has 3 nitrogen and oxygen atoms in total. The highest BCUT2D eigenvalue weighted by Crippen LogP contribution is 2.27. The summed E-state index contributed by atoms with van der Waals surface area (Å²) < 4.78 is 17.9. The molecule has 0 unspecified atom stereocenters. The lowest BCUT2D eigenvalue weighted by Crippen LogP contribution is -2.29. The molecule has 1 N–H and O–H groups in total. The van der Waals surface area contributed by atoms with Crippen molar-refractivity contribution in [3.05, 3.63) is 29.6 Å². The van der Waals surface area contributed by atoms with Crippen molar-refractivity contribution >= 4 is 11.7 Å². The lowest BCUT2D eigenvalue weighted by atomic mass is 9.86. The Labute approximate surface area is 113 Å². The van der Waals surface area contributed by atoms with Crippen molar-refractivity contribution in [1.29, 1.82) is 0 Å². The lowest BCUT2D eigenvalue weighted by Gasteiger charge is -2.28. The highest BCUT2D eigenvalue weighted by atomic mass is 19.1. The van der Waals surface area contributed by atoms with Gasteiger partial charge in [0.15, 0.2) is 0 Å². The van der Waals surface area contributed by atoms with Crippen LogP contribution in [0.5, 0.6) is 0 Å². The molecule has 1 aliphatic carbocycles. The fraction of sp³-hybridized carbons (Fsp3) is 0.533. The molecular formula is C15H20FNO2. The van der Waals surface area contributed by atoms with E-state index in [1.807, 2.05) is 6.07 Å². The molecule has 1 fully saturated rings. The quantitative estimate of drug-likeness (QED) is 0.852. The van der Waals surface area contributed by atoms with Crippen LogP contribution in [0.15, 0.2) is 18.2 Å². The number of hydrogen-bond acceptors (Lipinski definition) is 3. The van der Waals surface area contributed by atoms with Gasteiger partial charge < -0.3 is 10.1 Å². The van der Waals surface area contributed by atoms with Crippen LogP contribution in [-0.2, 0) is 9.53 Å². The van der Waals surface area contributed by atoms with E-state index in [0.717, 1.165) is 31.4 Å². The van der Waals surface area contributed by atoms with E-state index in [-0.39, 0.29) is 17.7 Å². The first-order chi connectivity index (χ1) is 9.10. The van der Waals surface area contributed by atoms with E-state index in [2.05, 4.69) is 5.32 Å². The maximum Gasteiger partial charge on any atom is 0.308 e. The van der Waals surface area contributed by atoms with Crippen LogP contribution in [0.2, 0.25) is 0 Å². The summed E-state index contributed by atoms with van der Waals surface area (Å²) in [7, 11) is 1.44. The number of hydrogen-bond donors (Lipinski definition) is 1. The number of ether oxygens (including phenoxy) is 1. The second kappa shape index (κ2) is 6.04. The molecular weight excluding hydrogens is 245 g/mol. The summed E-state index contributed by atoms with van der Waals surface area (Å²) in [4.78, 5) is 11.4. The molecule has 0 amide bonds. The second-order valence-electron chi connectivity index (χ2n) is 5.18. The minimum atomic E-state index is -0.181. The fourth-order valence-corrected chi connectivity index (χ4v) is 2.61. The highest BCUT2D eigenvalue weighted by Gasteiger charge is 2.26. The Morgan fingerprint density at radius 2 is 2.00 bits per heavy atom. The largest absolute Gasteiger partial charge is 0.469 e. The number of benzene rings is 1. The summed E-state index contributed by atoms with van der Waals surface area (Å²) in [5.74, 6) is -0.242. The van der Waals surface area contributed by atoms with Crippen LogP contribution < -0.4 is 5.32 Å². The molecule has 0 saturated heterocycles. The Hall–Kier alpha value is -1.58. The Morgan fingerprint density at radius 1 is 1.32 bits per heavy atom. The number of carbonyl (C=O) groups is 1. The number of nitrogens with one attached hydrogen (secondary N) is 1. The minimum absolute atomic E-state index is 0.0398. The van der Waals surface area contributed by atoms with Gasteiger partial charge in [-0.2, -0.15) is 0 Å². The van der Waals surface area contributed by atoms with Crippen molar-refractivity contribution < 1.29 is 13.9 Å². The first kappa shape index (κ1) is 13.8. The molecule has 104 valence electrons. The maximum atomic E-state index is 13.2. The minimum Gasteiger partial charge on any atom is -0.469 e.